The standard InChI is InChI=1S/C31H29ClFN5O4S/c1-19-15-37(16-20(2)42-19)26(39)17-36-10-11-38-30(40)28(41-18-21-6-4-3-5-7-21)27(35-31(36)38)29-34-14-23(43-29)12-22-8-9-25(33)24(32)13-22/h3-11,13-14,19-20H,12,15-18H2,1-2H3/t19-,20-/m0/s1. The molecular formula is C31H29ClFN5O4S. The molecule has 3 aromatic heterocycles. The molecule has 43 heavy (non-hydrogen) atoms. The van der Waals surface area contributed by atoms with Crippen LogP contribution >= 0.6 is 22.9 Å². The first-order chi connectivity index (χ1) is 20.7. The molecule has 0 spiro atoms. The predicted molar refractivity (Wildman–Crippen MR) is 162 cm³/mol. The summed E-state index contributed by atoms with van der Waals surface area (Å²) in [4.78, 5) is 39.1. The normalized spacial score (nSPS) is 17.0. The number of ether oxygens (including phenoxy) is 2. The molecule has 9 nitrogen and oxygen atoms in total. The molecule has 0 saturated carbocycles. The van der Waals surface area contributed by atoms with Crippen molar-refractivity contribution in [2.45, 2.75) is 45.6 Å². The van der Waals surface area contributed by atoms with Crippen molar-refractivity contribution in [1.82, 2.24) is 23.8 Å². The van der Waals surface area contributed by atoms with Gasteiger partial charge in [0, 0.05) is 43.0 Å². The SMILES string of the molecule is C[C@H]1CN(C(=O)Cn2ccn3c(=O)c(OCc4ccccc4)c(-c4ncc(Cc5ccc(F)c(Cl)c5)s4)nc23)C[C@H](C)O1. The molecule has 0 bridgehead atoms. The van der Waals surface area contributed by atoms with E-state index in [1.54, 1.807) is 40.2 Å². The van der Waals surface area contributed by atoms with Crippen LogP contribution < -0.4 is 10.3 Å². The first-order valence-corrected chi connectivity index (χ1v) is 15.0. The molecule has 6 rings (SSSR count). The van der Waals surface area contributed by atoms with Crippen LogP contribution in [0.5, 0.6) is 5.75 Å². The Balaban J connectivity index is 1.35. The van der Waals surface area contributed by atoms with Crippen molar-refractivity contribution in [2.75, 3.05) is 13.1 Å². The molecule has 2 aromatic carbocycles. The first kappa shape index (κ1) is 29.0. The fourth-order valence-electron chi connectivity index (χ4n) is 5.16. The molecule has 4 heterocycles. The number of nitrogens with zero attached hydrogens (tertiary/aromatic N) is 5. The zero-order valence-electron chi connectivity index (χ0n) is 23.6. The molecule has 222 valence electrons. The lowest BCUT2D eigenvalue weighted by atomic mass is 10.1. The van der Waals surface area contributed by atoms with Gasteiger partial charge in [-0.05, 0) is 37.1 Å². The number of fused-ring (bicyclic) bond motifs is 1. The summed E-state index contributed by atoms with van der Waals surface area (Å²) < 4.78 is 28.6. The van der Waals surface area contributed by atoms with Crippen LogP contribution in [0.25, 0.3) is 16.5 Å². The Morgan fingerprint density at radius 1 is 1.12 bits per heavy atom. The van der Waals surface area contributed by atoms with Crippen LogP contribution in [-0.2, 0) is 29.1 Å². The maximum absolute atomic E-state index is 13.8. The van der Waals surface area contributed by atoms with Crippen molar-refractivity contribution in [2.24, 2.45) is 0 Å². The molecule has 12 heteroatoms. The van der Waals surface area contributed by atoms with Crippen molar-refractivity contribution < 1.29 is 18.7 Å². The Hall–Kier alpha value is -4.06. The lowest BCUT2D eigenvalue weighted by molar-refractivity contribution is -0.143. The molecule has 0 radical (unpaired) electrons. The van der Waals surface area contributed by atoms with Crippen LogP contribution in [0, 0.1) is 5.82 Å². The van der Waals surface area contributed by atoms with E-state index >= 15 is 0 Å². The number of rotatable bonds is 8. The van der Waals surface area contributed by atoms with Crippen LogP contribution in [0.2, 0.25) is 5.02 Å². The molecule has 5 aromatic rings. The number of hydrogen-bond donors (Lipinski definition) is 0. The van der Waals surface area contributed by atoms with Gasteiger partial charge in [-0.3, -0.25) is 9.59 Å². The average Bonchev–Trinajstić information content (AvgIpc) is 3.61. The van der Waals surface area contributed by atoms with Crippen molar-refractivity contribution in [3.05, 3.63) is 104 Å². The van der Waals surface area contributed by atoms with Crippen LogP contribution in [-0.4, -0.2) is 55.0 Å². The fraction of sp³-hybridized carbons (Fsp3) is 0.290. The van der Waals surface area contributed by atoms with Crippen molar-refractivity contribution in [3.63, 3.8) is 0 Å². The van der Waals surface area contributed by atoms with E-state index in [1.165, 1.54) is 21.8 Å². The van der Waals surface area contributed by atoms with Gasteiger partial charge in [-0.1, -0.05) is 48.0 Å². The van der Waals surface area contributed by atoms with Gasteiger partial charge in [0.2, 0.25) is 17.4 Å². The number of halogens is 2. The van der Waals surface area contributed by atoms with Gasteiger partial charge in [-0.25, -0.2) is 18.8 Å². The summed E-state index contributed by atoms with van der Waals surface area (Å²) in [5.41, 5.74) is 1.60. The maximum Gasteiger partial charge on any atom is 0.302 e. The first-order valence-electron chi connectivity index (χ1n) is 13.9. The molecule has 1 aliphatic heterocycles. The zero-order valence-corrected chi connectivity index (χ0v) is 25.1. The summed E-state index contributed by atoms with van der Waals surface area (Å²) in [5.74, 6) is -0.202. The quantitative estimate of drug-likeness (QED) is 0.236. The Kier molecular flexibility index (Phi) is 8.29. The highest BCUT2D eigenvalue weighted by Crippen LogP contribution is 2.32. The predicted octanol–water partition coefficient (Wildman–Crippen LogP) is 5.22. The number of imidazole rings is 1. The minimum absolute atomic E-state index is 0.0144. The Morgan fingerprint density at radius 2 is 1.88 bits per heavy atom. The third kappa shape index (κ3) is 6.34. The van der Waals surface area contributed by atoms with Crippen LogP contribution in [0.15, 0.2) is 71.9 Å². The number of hydrogen-bond acceptors (Lipinski definition) is 7. The second-order valence-electron chi connectivity index (χ2n) is 10.6. The van der Waals surface area contributed by atoms with E-state index in [2.05, 4.69) is 4.98 Å². The van der Waals surface area contributed by atoms with Gasteiger partial charge in [0.05, 0.1) is 17.2 Å². The molecule has 0 N–H and O–H groups in total. The van der Waals surface area contributed by atoms with E-state index in [1.807, 2.05) is 44.2 Å². The average molecular weight is 622 g/mol. The van der Waals surface area contributed by atoms with Crippen molar-refractivity contribution >= 4 is 34.6 Å². The van der Waals surface area contributed by atoms with E-state index in [9.17, 15) is 14.0 Å². The number of benzene rings is 2. The van der Waals surface area contributed by atoms with E-state index in [-0.39, 0.29) is 47.7 Å². The highest BCUT2D eigenvalue weighted by molar-refractivity contribution is 7.15. The van der Waals surface area contributed by atoms with Crippen molar-refractivity contribution in [3.8, 4) is 16.5 Å². The number of morpholine rings is 1. The van der Waals surface area contributed by atoms with Crippen LogP contribution in [0.1, 0.15) is 29.9 Å². The summed E-state index contributed by atoms with van der Waals surface area (Å²) in [6.07, 6.45) is 5.32. The smallest absolute Gasteiger partial charge is 0.302 e. The van der Waals surface area contributed by atoms with Gasteiger partial charge in [0.25, 0.3) is 0 Å². The molecular weight excluding hydrogens is 593 g/mol. The van der Waals surface area contributed by atoms with Gasteiger partial charge >= 0.3 is 5.56 Å². The minimum atomic E-state index is -0.479. The number of thiazole rings is 1. The number of aromatic nitrogens is 4. The Labute approximate surface area is 256 Å². The van der Waals surface area contributed by atoms with E-state index in [0.717, 1.165) is 16.0 Å². The molecule has 1 fully saturated rings. The monoisotopic (exact) mass is 621 g/mol. The molecule has 1 amide bonds. The minimum Gasteiger partial charge on any atom is -0.481 e. The highest BCUT2D eigenvalue weighted by atomic mass is 35.5. The summed E-state index contributed by atoms with van der Waals surface area (Å²) >= 11 is 7.33. The van der Waals surface area contributed by atoms with E-state index in [4.69, 9.17) is 26.1 Å². The van der Waals surface area contributed by atoms with E-state index in [0.29, 0.717) is 30.3 Å². The fourth-order valence-corrected chi connectivity index (χ4v) is 6.30. The molecule has 1 aliphatic rings. The van der Waals surface area contributed by atoms with Crippen LogP contribution in [0.3, 0.4) is 0 Å². The Bertz CT molecular complexity index is 1830. The molecule has 1 saturated heterocycles. The van der Waals surface area contributed by atoms with Gasteiger partial charge in [0.15, 0.2) is 5.69 Å². The summed E-state index contributed by atoms with van der Waals surface area (Å²) in [5, 5.41) is 0.538. The van der Waals surface area contributed by atoms with Gasteiger partial charge in [-0.2, -0.15) is 0 Å². The molecule has 0 aliphatic carbocycles. The largest absolute Gasteiger partial charge is 0.481 e. The second kappa shape index (κ2) is 12.3. The summed E-state index contributed by atoms with van der Waals surface area (Å²) in [6.45, 7) is 5.06. The molecule has 0 unspecified atom stereocenters. The third-order valence-electron chi connectivity index (χ3n) is 7.13. The highest BCUT2D eigenvalue weighted by Gasteiger charge is 2.27. The van der Waals surface area contributed by atoms with Crippen LogP contribution in [0.4, 0.5) is 4.39 Å². The lowest BCUT2D eigenvalue weighted by Crippen LogP contribution is -2.49. The zero-order chi connectivity index (χ0) is 30.1. The van der Waals surface area contributed by atoms with E-state index < -0.39 is 11.4 Å². The molecule has 2 atom stereocenters. The topological polar surface area (TPSA) is 91.0 Å². The second-order valence-corrected chi connectivity index (χ2v) is 12.1. The third-order valence-corrected chi connectivity index (χ3v) is 8.42. The van der Waals surface area contributed by atoms with Crippen molar-refractivity contribution in [1.29, 1.82) is 0 Å². The maximum atomic E-state index is 13.8. The van der Waals surface area contributed by atoms with Gasteiger partial charge < -0.3 is 18.9 Å². The number of amides is 1. The summed E-state index contributed by atoms with van der Waals surface area (Å²) in [7, 11) is 0. The summed E-state index contributed by atoms with van der Waals surface area (Å²) in [6, 6.07) is 14.1. The van der Waals surface area contributed by atoms with Gasteiger partial charge in [-0.15, -0.1) is 11.3 Å². The lowest BCUT2D eigenvalue weighted by Gasteiger charge is -2.35. The number of carbonyl (C=O) groups is 1. The number of carbonyl (C=O) groups excluding carboxylic acids is 1. The Morgan fingerprint density at radius 3 is 2.63 bits per heavy atom. The van der Waals surface area contributed by atoms with Gasteiger partial charge in [0.1, 0.15) is 24.0 Å².